The minimum atomic E-state index is -0.523. The zero-order chi connectivity index (χ0) is 17.2. The summed E-state index contributed by atoms with van der Waals surface area (Å²) in [5.41, 5.74) is -0.226. The number of benzene rings is 1. The van der Waals surface area contributed by atoms with E-state index in [0.717, 1.165) is 10.9 Å². The standard InChI is InChI=1S/C18H22N2O4/c1-16(2)18(8-17(9-18,10-21)24-16)20-15(22)13-14(23-3)11-6-4-5-7-12(11)19-13/h4-7,19,21H,8-10H2,1-3H3,(H,20,22). The highest BCUT2D eigenvalue weighted by Gasteiger charge is 2.72. The van der Waals surface area contributed by atoms with Gasteiger partial charge in [0, 0.05) is 23.7 Å². The fourth-order valence-corrected chi connectivity index (χ4v) is 4.34. The van der Waals surface area contributed by atoms with E-state index in [4.69, 9.17) is 9.47 Å². The number of carbonyl (C=O) groups excluding carboxylic acids is 1. The Kier molecular flexibility index (Phi) is 3.06. The first-order valence-corrected chi connectivity index (χ1v) is 8.14. The number of fused-ring (bicyclic) bond motifs is 2. The lowest BCUT2D eigenvalue weighted by molar-refractivity contribution is -0.0851. The molecule has 3 fully saturated rings. The topological polar surface area (TPSA) is 83.6 Å². The molecule has 0 radical (unpaired) electrons. The summed E-state index contributed by atoms with van der Waals surface area (Å²) in [5, 5.41) is 13.6. The number of para-hydroxylation sites is 1. The number of nitrogens with one attached hydrogen (secondary N) is 2. The first-order valence-electron chi connectivity index (χ1n) is 8.14. The number of hydrogen-bond acceptors (Lipinski definition) is 4. The molecule has 128 valence electrons. The van der Waals surface area contributed by atoms with Crippen LogP contribution in [0.2, 0.25) is 0 Å². The summed E-state index contributed by atoms with van der Waals surface area (Å²) in [6.45, 7) is 3.89. The second kappa shape index (κ2) is 4.74. The number of rotatable bonds is 4. The summed E-state index contributed by atoms with van der Waals surface area (Å²) in [7, 11) is 1.56. The van der Waals surface area contributed by atoms with Gasteiger partial charge in [-0.15, -0.1) is 0 Å². The quantitative estimate of drug-likeness (QED) is 0.800. The third-order valence-electron chi connectivity index (χ3n) is 5.60. The summed E-state index contributed by atoms with van der Waals surface area (Å²) in [6, 6.07) is 7.65. The number of carbonyl (C=O) groups is 1. The van der Waals surface area contributed by atoms with Crippen molar-refractivity contribution in [3.05, 3.63) is 30.0 Å². The lowest BCUT2D eigenvalue weighted by atomic mass is 9.63. The van der Waals surface area contributed by atoms with Crippen molar-refractivity contribution in [3.8, 4) is 5.75 Å². The van der Waals surface area contributed by atoms with Gasteiger partial charge in [-0.2, -0.15) is 0 Å². The van der Waals surface area contributed by atoms with Crippen LogP contribution >= 0.6 is 0 Å². The largest absolute Gasteiger partial charge is 0.494 e. The van der Waals surface area contributed by atoms with Crippen LogP contribution in [0.1, 0.15) is 37.2 Å². The number of H-pyrrole nitrogens is 1. The first-order chi connectivity index (χ1) is 11.4. The van der Waals surface area contributed by atoms with Crippen LogP contribution in [-0.4, -0.2) is 46.5 Å². The number of hydrogen-bond donors (Lipinski definition) is 3. The second-order valence-corrected chi connectivity index (χ2v) is 7.42. The van der Waals surface area contributed by atoms with Crippen LogP contribution < -0.4 is 10.1 Å². The Hall–Kier alpha value is -2.05. The molecule has 1 amide bonds. The van der Waals surface area contributed by atoms with E-state index >= 15 is 0 Å². The Morgan fingerprint density at radius 1 is 1.38 bits per heavy atom. The summed E-state index contributed by atoms with van der Waals surface area (Å²) in [6.07, 6.45) is 1.25. The summed E-state index contributed by atoms with van der Waals surface area (Å²) in [4.78, 5) is 16.1. The van der Waals surface area contributed by atoms with Crippen LogP contribution in [0.5, 0.6) is 5.75 Å². The smallest absolute Gasteiger partial charge is 0.272 e. The molecule has 2 saturated heterocycles. The van der Waals surface area contributed by atoms with Gasteiger partial charge in [-0.3, -0.25) is 4.79 Å². The van der Waals surface area contributed by atoms with E-state index in [2.05, 4.69) is 10.3 Å². The van der Waals surface area contributed by atoms with Gasteiger partial charge in [0.05, 0.1) is 30.5 Å². The molecule has 3 heterocycles. The van der Waals surface area contributed by atoms with Gasteiger partial charge in [0.1, 0.15) is 5.69 Å². The van der Waals surface area contributed by atoms with Gasteiger partial charge < -0.3 is 24.9 Å². The summed E-state index contributed by atoms with van der Waals surface area (Å²) >= 11 is 0. The number of aromatic nitrogens is 1. The average Bonchev–Trinajstić information content (AvgIpc) is 3.07. The first kappa shape index (κ1) is 15.5. The molecule has 0 atom stereocenters. The number of aliphatic hydroxyl groups excluding tert-OH is 1. The zero-order valence-corrected chi connectivity index (χ0v) is 14.1. The number of amides is 1. The molecule has 3 aliphatic rings. The normalized spacial score (nSPS) is 30.2. The van der Waals surface area contributed by atoms with Gasteiger partial charge in [0.25, 0.3) is 5.91 Å². The van der Waals surface area contributed by atoms with Crippen molar-refractivity contribution in [2.75, 3.05) is 13.7 Å². The highest BCUT2D eigenvalue weighted by molar-refractivity contribution is 6.03. The Labute approximate surface area is 140 Å². The molecule has 6 heteroatoms. The van der Waals surface area contributed by atoms with E-state index in [0.29, 0.717) is 24.3 Å². The summed E-state index contributed by atoms with van der Waals surface area (Å²) < 4.78 is 11.5. The SMILES string of the molecule is COc1c(C(=O)NC23CC(CO)(C2)OC3(C)C)[nH]c2ccccc12. The third kappa shape index (κ3) is 1.87. The van der Waals surface area contributed by atoms with Crippen LogP contribution in [0, 0.1) is 0 Å². The molecule has 2 bridgehead atoms. The van der Waals surface area contributed by atoms with Crippen LogP contribution in [0.25, 0.3) is 10.9 Å². The fraction of sp³-hybridized carbons (Fsp3) is 0.500. The van der Waals surface area contributed by atoms with E-state index in [9.17, 15) is 9.90 Å². The number of ether oxygens (including phenoxy) is 2. The van der Waals surface area contributed by atoms with Crippen LogP contribution in [0.4, 0.5) is 0 Å². The molecular weight excluding hydrogens is 308 g/mol. The molecule has 1 aromatic carbocycles. The Balaban J connectivity index is 1.67. The molecule has 1 aromatic heterocycles. The molecule has 6 nitrogen and oxygen atoms in total. The van der Waals surface area contributed by atoms with E-state index in [1.807, 2.05) is 38.1 Å². The minimum Gasteiger partial charge on any atom is -0.494 e. The number of aliphatic hydroxyl groups is 1. The predicted octanol–water partition coefficient (Wildman–Crippen LogP) is 1.98. The van der Waals surface area contributed by atoms with Crippen molar-refractivity contribution < 1.29 is 19.4 Å². The molecule has 5 rings (SSSR count). The molecular formula is C18H22N2O4. The van der Waals surface area contributed by atoms with E-state index < -0.39 is 16.7 Å². The molecule has 2 aliphatic heterocycles. The van der Waals surface area contributed by atoms with Crippen molar-refractivity contribution in [2.24, 2.45) is 0 Å². The van der Waals surface area contributed by atoms with E-state index in [1.165, 1.54) is 0 Å². The lowest BCUT2D eigenvalue weighted by Crippen LogP contribution is -2.65. The van der Waals surface area contributed by atoms with E-state index in [1.54, 1.807) is 7.11 Å². The maximum absolute atomic E-state index is 12.9. The Bertz CT molecular complexity index is 818. The average molecular weight is 330 g/mol. The van der Waals surface area contributed by atoms with Gasteiger partial charge in [0.15, 0.2) is 5.75 Å². The van der Waals surface area contributed by atoms with Crippen LogP contribution in [0.3, 0.4) is 0 Å². The highest BCUT2D eigenvalue weighted by Crippen LogP contribution is 2.60. The van der Waals surface area contributed by atoms with E-state index in [-0.39, 0.29) is 12.5 Å². The van der Waals surface area contributed by atoms with Crippen LogP contribution in [0.15, 0.2) is 24.3 Å². The molecule has 1 aliphatic carbocycles. The molecule has 1 saturated carbocycles. The lowest BCUT2D eigenvalue weighted by Gasteiger charge is -2.46. The monoisotopic (exact) mass is 330 g/mol. The molecule has 24 heavy (non-hydrogen) atoms. The highest BCUT2D eigenvalue weighted by atomic mass is 16.6. The predicted molar refractivity (Wildman–Crippen MR) is 89.3 cm³/mol. The van der Waals surface area contributed by atoms with Crippen molar-refractivity contribution >= 4 is 16.8 Å². The maximum atomic E-state index is 12.9. The van der Waals surface area contributed by atoms with Gasteiger partial charge in [-0.05, 0) is 26.0 Å². The fourth-order valence-electron chi connectivity index (χ4n) is 4.34. The van der Waals surface area contributed by atoms with Crippen molar-refractivity contribution in [3.63, 3.8) is 0 Å². The number of methoxy groups -OCH3 is 1. The molecule has 0 spiro atoms. The second-order valence-electron chi connectivity index (χ2n) is 7.42. The van der Waals surface area contributed by atoms with Crippen molar-refractivity contribution in [2.45, 2.75) is 43.4 Å². The van der Waals surface area contributed by atoms with Gasteiger partial charge in [0.2, 0.25) is 0 Å². The molecule has 2 aromatic rings. The van der Waals surface area contributed by atoms with Crippen molar-refractivity contribution in [1.82, 2.24) is 10.3 Å². The zero-order valence-electron chi connectivity index (χ0n) is 14.1. The summed E-state index contributed by atoms with van der Waals surface area (Å²) in [5.74, 6) is 0.331. The Morgan fingerprint density at radius 2 is 2.08 bits per heavy atom. The third-order valence-corrected chi connectivity index (χ3v) is 5.60. The van der Waals surface area contributed by atoms with Crippen LogP contribution in [-0.2, 0) is 4.74 Å². The molecule has 3 N–H and O–H groups in total. The minimum absolute atomic E-state index is 0.0240. The van der Waals surface area contributed by atoms with Gasteiger partial charge in [-0.25, -0.2) is 0 Å². The maximum Gasteiger partial charge on any atom is 0.272 e. The van der Waals surface area contributed by atoms with Gasteiger partial charge >= 0.3 is 0 Å². The van der Waals surface area contributed by atoms with Crippen molar-refractivity contribution in [1.29, 1.82) is 0 Å². The number of aromatic amines is 1. The van der Waals surface area contributed by atoms with Gasteiger partial charge in [-0.1, -0.05) is 12.1 Å². The molecule has 0 unspecified atom stereocenters. The Morgan fingerprint density at radius 3 is 2.71 bits per heavy atom.